The molecule has 0 saturated carbocycles. The first-order valence-electron chi connectivity index (χ1n) is 9.13. The molecule has 2 heterocycles. The monoisotopic (exact) mass is 383 g/mol. The number of aliphatic imine (C=N–C) groups is 1. The lowest BCUT2D eigenvalue weighted by Gasteiger charge is -2.28. The van der Waals surface area contributed by atoms with Crippen LogP contribution in [0.3, 0.4) is 0 Å². The van der Waals surface area contributed by atoms with E-state index in [4.69, 9.17) is 0 Å². The molecule has 1 aromatic rings. The summed E-state index contributed by atoms with van der Waals surface area (Å²) in [6, 6.07) is 5.52. The number of hydrogen-bond acceptors (Lipinski definition) is 3. The predicted molar refractivity (Wildman–Crippen MR) is 107 cm³/mol. The van der Waals surface area contributed by atoms with Gasteiger partial charge in [0.1, 0.15) is 6.17 Å². The van der Waals surface area contributed by atoms with Crippen molar-refractivity contribution in [3.8, 4) is 0 Å². The second-order valence-corrected chi connectivity index (χ2v) is 6.77. The van der Waals surface area contributed by atoms with Crippen LogP contribution in [0.2, 0.25) is 0 Å². The van der Waals surface area contributed by atoms with Crippen LogP contribution in [0.4, 0.5) is 8.78 Å². The zero-order chi connectivity index (χ0) is 20.3. The van der Waals surface area contributed by atoms with Crippen molar-refractivity contribution in [2.24, 2.45) is 4.99 Å². The van der Waals surface area contributed by atoms with Crippen LogP contribution in [0.5, 0.6) is 0 Å². The topological polar surface area (TPSA) is 44.7 Å². The van der Waals surface area contributed by atoms with Crippen molar-refractivity contribution in [3.63, 3.8) is 0 Å². The van der Waals surface area contributed by atoms with Crippen molar-refractivity contribution in [2.45, 2.75) is 32.4 Å². The van der Waals surface area contributed by atoms with E-state index in [-0.39, 0.29) is 17.6 Å². The summed E-state index contributed by atoms with van der Waals surface area (Å²) in [5.41, 5.74) is 3.06. The molecule has 28 heavy (non-hydrogen) atoms. The van der Waals surface area contributed by atoms with Gasteiger partial charge in [-0.3, -0.25) is 4.79 Å². The van der Waals surface area contributed by atoms with Gasteiger partial charge in [0.25, 0.3) is 11.8 Å². The minimum atomic E-state index is -2.93. The Labute approximate surface area is 163 Å². The highest BCUT2D eigenvalue weighted by molar-refractivity contribution is 5.95. The normalized spacial score (nSPS) is 19.8. The van der Waals surface area contributed by atoms with Gasteiger partial charge in [-0.1, -0.05) is 43.0 Å². The number of alkyl halides is 2. The molecule has 0 aromatic heterocycles. The molecule has 1 fully saturated rings. The van der Waals surface area contributed by atoms with Gasteiger partial charge in [0.2, 0.25) is 0 Å². The molecule has 1 atom stereocenters. The van der Waals surface area contributed by atoms with Crippen LogP contribution in [-0.4, -0.2) is 29.9 Å². The highest BCUT2D eigenvalue weighted by Gasteiger charge is 2.36. The average Bonchev–Trinajstić information content (AvgIpc) is 3.11. The Kier molecular flexibility index (Phi) is 5.58. The second kappa shape index (κ2) is 7.92. The van der Waals surface area contributed by atoms with Gasteiger partial charge in [-0.2, -0.15) is 0 Å². The van der Waals surface area contributed by atoms with Gasteiger partial charge in [0.05, 0.1) is 12.0 Å². The minimum absolute atomic E-state index is 0.109. The van der Waals surface area contributed by atoms with Crippen molar-refractivity contribution < 1.29 is 13.6 Å². The molecule has 3 rings (SSSR count). The number of rotatable bonds is 5. The van der Waals surface area contributed by atoms with Crippen LogP contribution in [0.1, 0.15) is 36.2 Å². The Balaban J connectivity index is 1.88. The van der Waals surface area contributed by atoms with Crippen molar-refractivity contribution in [3.05, 3.63) is 83.1 Å². The Morgan fingerprint density at radius 1 is 1.36 bits per heavy atom. The molecule has 1 aromatic carbocycles. The van der Waals surface area contributed by atoms with Gasteiger partial charge in [0, 0.05) is 30.2 Å². The average molecular weight is 383 g/mol. The van der Waals surface area contributed by atoms with E-state index < -0.39 is 5.92 Å². The summed E-state index contributed by atoms with van der Waals surface area (Å²) >= 11 is 0. The third-order valence-corrected chi connectivity index (χ3v) is 4.81. The molecule has 0 radical (unpaired) electrons. The summed E-state index contributed by atoms with van der Waals surface area (Å²) in [7, 11) is 0. The van der Waals surface area contributed by atoms with Gasteiger partial charge in [-0.25, -0.2) is 13.8 Å². The van der Waals surface area contributed by atoms with Gasteiger partial charge >= 0.3 is 0 Å². The van der Waals surface area contributed by atoms with Gasteiger partial charge in [0.15, 0.2) is 0 Å². The summed E-state index contributed by atoms with van der Waals surface area (Å²) in [5, 5.41) is 3.14. The molecule has 2 aliphatic rings. The number of carbonyl (C=O) groups is 1. The standard InChI is InChI=1S/C22H23F2N3O/c1-4-6-15(7-5-2)19-18-12-13-27(20(18)26-14-25-19)21(28)16-8-10-17(11-9-16)22(3,23)24/h4-11,14,20H,1,12-13H2,2-3H3,(H,25,26)/b7-5+,15-6+. The van der Waals surface area contributed by atoms with Crippen LogP contribution in [0, 0.1) is 0 Å². The number of fused-ring (bicyclic) bond motifs is 1. The van der Waals surface area contributed by atoms with E-state index in [1.54, 1.807) is 17.3 Å². The highest BCUT2D eigenvalue weighted by atomic mass is 19.3. The lowest BCUT2D eigenvalue weighted by atomic mass is 10.0. The number of amides is 1. The first-order valence-corrected chi connectivity index (χ1v) is 9.13. The van der Waals surface area contributed by atoms with E-state index in [1.807, 2.05) is 25.2 Å². The molecule has 0 spiro atoms. The maximum atomic E-state index is 13.4. The number of halogens is 2. The van der Waals surface area contributed by atoms with Crippen LogP contribution in [-0.2, 0) is 5.92 Å². The first-order chi connectivity index (χ1) is 13.4. The fourth-order valence-corrected chi connectivity index (χ4v) is 3.46. The number of benzene rings is 1. The third-order valence-electron chi connectivity index (χ3n) is 4.81. The molecular weight excluding hydrogens is 360 g/mol. The van der Waals surface area contributed by atoms with Gasteiger partial charge in [-0.05, 0) is 31.1 Å². The Hall–Kier alpha value is -3.02. The summed E-state index contributed by atoms with van der Waals surface area (Å²) in [5.74, 6) is -3.13. The van der Waals surface area contributed by atoms with Crippen molar-refractivity contribution in [1.82, 2.24) is 10.2 Å². The van der Waals surface area contributed by atoms with Gasteiger partial charge in [-0.15, -0.1) is 0 Å². The zero-order valence-electron chi connectivity index (χ0n) is 16.0. The lowest BCUT2D eigenvalue weighted by molar-refractivity contribution is 0.0174. The first kappa shape index (κ1) is 19.7. The molecule has 146 valence electrons. The van der Waals surface area contributed by atoms with Crippen LogP contribution >= 0.6 is 0 Å². The maximum Gasteiger partial charge on any atom is 0.270 e. The summed E-state index contributed by atoms with van der Waals surface area (Å²) in [6.45, 7) is 7.05. The summed E-state index contributed by atoms with van der Waals surface area (Å²) < 4.78 is 26.8. The zero-order valence-corrected chi connectivity index (χ0v) is 16.0. The number of nitrogens with one attached hydrogen (secondary N) is 1. The van der Waals surface area contributed by atoms with Gasteiger partial charge < -0.3 is 10.2 Å². The molecule has 2 aliphatic heterocycles. The molecule has 4 nitrogen and oxygen atoms in total. The fraction of sp³-hybridized carbons (Fsp3) is 0.273. The number of hydrogen-bond donors (Lipinski definition) is 1. The van der Waals surface area contributed by atoms with Crippen molar-refractivity contribution >= 4 is 12.2 Å². The van der Waals surface area contributed by atoms with E-state index in [1.165, 1.54) is 24.3 Å². The number of allylic oxidation sites excluding steroid dienone is 4. The Morgan fingerprint density at radius 3 is 2.68 bits per heavy atom. The molecule has 0 bridgehead atoms. The van der Waals surface area contributed by atoms with E-state index in [9.17, 15) is 13.6 Å². The Morgan fingerprint density at radius 2 is 2.07 bits per heavy atom. The number of likely N-dealkylation sites (tertiary alicyclic amines) is 1. The molecular formula is C22H23F2N3O. The van der Waals surface area contributed by atoms with E-state index in [2.05, 4.69) is 16.9 Å². The van der Waals surface area contributed by atoms with Crippen LogP contribution in [0.25, 0.3) is 0 Å². The predicted octanol–water partition coefficient (Wildman–Crippen LogP) is 4.54. The van der Waals surface area contributed by atoms with E-state index in [0.29, 0.717) is 18.5 Å². The quantitative estimate of drug-likeness (QED) is 0.759. The largest absolute Gasteiger partial charge is 0.352 e. The molecule has 1 saturated heterocycles. The fourth-order valence-electron chi connectivity index (χ4n) is 3.46. The maximum absolute atomic E-state index is 13.4. The number of carbonyl (C=O) groups excluding carboxylic acids is 1. The molecule has 0 aliphatic carbocycles. The number of nitrogens with zero attached hydrogens (tertiary/aromatic N) is 2. The van der Waals surface area contributed by atoms with E-state index in [0.717, 1.165) is 23.8 Å². The van der Waals surface area contributed by atoms with Crippen molar-refractivity contribution in [2.75, 3.05) is 6.54 Å². The minimum Gasteiger partial charge on any atom is -0.352 e. The SMILES string of the molecule is C=C/C=C(\C=C\C)C1=C2CCN(C(=O)c3ccc(C(C)(F)F)cc3)C2NC=N1. The second-order valence-electron chi connectivity index (χ2n) is 6.77. The van der Waals surface area contributed by atoms with E-state index >= 15 is 0 Å². The van der Waals surface area contributed by atoms with Crippen molar-refractivity contribution in [1.29, 1.82) is 0 Å². The van der Waals surface area contributed by atoms with Crippen LogP contribution in [0.15, 0.2) is 77.0 Å². The molecule has 6 heteroatoms. The lowest BCUT2D eigenvalue weighted by Crippen LogP contribution is -2.46. The summed E-state index contributed by atoms with van der Waals surface area (Å²) in [4.78, 5) is 19.2. The third kappa shape index (κ3) is 3.81. The molecule has 1 unspecified atom stereocenters. The molecule has 1 N–H and O–H groups in total. The summed E-state index contributed by atoms with van der Waals surface area (Å²) in [6.07, 6.45) is 9.46. The Bertz CT molecular complexity index is 889. The van der Waals surface area contributed by atoms with Crippen LogP contribution < -0.4 is 5.32 Å². The smallest absolute Gasteiger partial charge is 0.270 e. The molecule has 1 amide bonds. The highest BCUT2D eigenvalue weighted by Crippen LogP contribution is 2.33.